The van der Waals surface area contributed by atoms with Crippen molar-refractivity contribution in [2.45, 2.75) is 71.5 Å². The van der Waals surface area contributed by atoms with E-state index in [9.17, 15) is 0 Å². The summed E-state index contributed by atoms with van der Waals surface area (Å²) in [5.41, 5.74) is 0.524. The average Bonchev–Trinajstić information content (AvgIpc) is 2.75. The van der Waals surface area contributed by atoms with Crippen LogP contribution < -0.4 is 5.32 Å². The third-order valence-electron chi connectivity index (χ3n) is 4.79. The van der Waals surface area contributed by atoms with Gasteiger partial charge in [0.2, 0.25) is 0 Å². The highest BCUT2D eigenvalue weighted by atomic mass is 16.5. The van der Waals surface area contributed by atoms with Gasteiger partial charge in [-0.1, -0.05) is 19.8 Å². The Morgan fingerprint density at radius 3 is 2.55 bits per heavy atom. The molecule has 0 bridgehead atoms. The van der Waals surface area contributed by atoms with Crippen LogP contribution in [0.25, 0.3) is 0 Å². The average molecular weight is 282 g/mol. The Kier molecular flexibility index (Phi) is 5.49. The van der Waals surface area contributed by atoms with Gasteiger partial charge < -0.3 is 10.1 Å². The topological polar surface area (TPSA) is 24.5 Å². The Balaban J connectivity index is 1.93. The third kappa shape index (κ3) is 4.44. The van der Waals surface area contributed by atoms with Gasteiger partial charge >= 0.3 is 0 Å². The molecule has 20 heavy (non-hydrogen) atoms. The molecule has 3 heteroatoms. The van der Waals surface area contributed by atoms with Crippen molar-refractivity contribution in [2.24, 2.45) is 5.41 Å². The molecule has 118 valence electrons. The Hall–Kier alpha value is -0.120. The molecule has 1 saturated carbocycles. The van der Waals surface area contributed by atoms with Crippen molar-refractivity contribution in [3.8, 4) is 0 Å². The number of hydrogen-bond donors (Lipinski definition) is 1. The minimum atomic E-state index is 0.00824. The molecular formula is C17H34N2O. The molecule has 1 aliphatic carbocycles. The zero-order chi connectivity index (χ0) is 14.6. The van der Waals surface area contributed by atoms with E-state index in [4.69, 9.17) is 4.74 Å². The molecule has 1 atom stereocenters. The van der Waals surface area contributed by atoms with Crippen LogP contribution in [0.3, 0.4) is 0 Å². The second-order valence-corrected chi connectivity index (χ2v) is 7.74. The molecule has 0 aromatic carbocycles. The van der Waals surface area contributed by atoms with Crippen LogP contribution in [-0.4, -0.2) is 49.3 Å². The van der Waals surface area contributed by atoms with Crippen LogP contribution in [-0.2, 0) is 4.74 Å². The van der Waals surface area contributed by atoms with Crippen molar-refractivity contribution in [3.63, 3.8) is 0 Å². The van der Waals surface area contributed by atoms with Crippen LogP contribution in [0.5, 0.6) is 0 Å². The van der Waals surface area contributed by atoms with Gasteiger partial charge in [-0.3, -0.25) is 4.90 Å². The number of morpholine rings is 1. The van der Waals surface area contributed by atoms with Gasteiger partial charge in [0, 0.05) is 26.2 Å². The predicted molar refractivity (Wildman–Crippen MR) is 85.1 cm³/mol. The summed E-state index contributed by atoms with van der Waals surface area (Å²) in [4.78, 5) is 2.66. The summed E-state index contributed by atoms with van der Waals surface area (Å²) in [6.45, 7) is 14.7. The second-order valence-electron chi connectivity index (χ2n) is 7.74. The first-order chi connectivity index (χ1) is 9.45. The van der Waals surface area contributed by atoms with Crippen LogP contribution >= 0.6 is 0 Å². The van der Waals surface area contributed by atoms with E-state index in [0.29, 0.717) is 11.5 Å². The molecule has 1 N–H and O–H groups in total. The van der Waals surface area contributed by atoms with Crippen LogP contribution in [0, 0.1) is 5.41 Å². The maximum Gasteiger partial charge on any atom is 0.0757 e. The Bertz CT molecular complexity index is 297. The van der Waals surface area contributed by atoms with Crippen LogP contribution in [0.15, 0.2) is 0 Å². The van der Waals surface area contributed by atoms with Crippen molar-refractivity contribution in [3.05, 3.63) is 0 Å². The van der Waals surface area contributed by atoms with Crippen molar-refractivity contribution < 1.29 is 4.74 Å². The van der Waals surface area contributed by atoms with Gasteiger partial charge in [-0.05, 0) is 52.0 Å². The molecule has 1 unspecified atom stereocenters. The van der Waals surface area contributed by atoms with Gasteiger partial charge in [-0.25, -0.2) is 0 Å². The minimum absolute atomic E-state index is 0.00824. The van der Waals surface area contributed by atoms with Crippen LogP contribution in [0.1, 0.15) is 59.8 Å². The minimum Gasteiger partial charge on any atom is -0.370 e. The quantitative estimate of drug-likeness (QED) is 0.758. The number of nitrogens with one attached hydrogen (secondary N) is 1. The van der Waals surface area contributed by atoms with E-state index in [-0.39, 0.29) is 5.60 Å². The van der Waals surface area contributed by atoms with E-state index in [0.717, 1.165) is 19.6 Å². The summed E-state index contributed by atoms with van der Waals surface area (Å²) in [7, 11) is 0. The standard InChI is InChI=1S/C17H34N2O/c1-5-10-18-12-17(8-6-7-9-17)14-19-11-15(2)20-16(3,4)13-19/h15,18H,5-14H2,1-4H3. The summed E-state index contributed by atoms with van der Waals surface area (Å²) in [6, 6.07) is 0. The maximum atomic E-state index is 6.04. The van der Waals surface area contributed by atoms with Crippen molar-refractivity contribution in [1.29, 1.82) is 0 Å². The molecule has 1 saturated heterocycles. The lowest BCUT2D eigenvalue weighted by Gasteiger charge is -2.45. The molecule has 0 radical (unpaired) electrons. The highest BCUT2D eigenvalue weighted by Gasteiger charge is 2.39. The monoisotopic (exact) mass is 282 g/mol. The smallest absolute Gasteiger partial charge is 0.0757 e. The molecule has 0 aromatic heterocycles. The lowest BCUT2D eigenvalue weighted by molar-refractivity contribution is -0.134. The van der Waals surface area contributed by atoms with Crippen molar-refractivity contribution >= 4 is 0 Å². The van der Waals surface area contributed by atoms with Crippen LogP contribution in [0.2, 0.25) is 0 Å². The molecule has 2 rings (SSSR count). The van der Waals surface area contributed by atoms with E-state index in [2.05, 4.69) is 37.9 Å². The van der Waals surface area contributed by atoms with Gasteiger partial charge in [0.1, 0.15) is 0 Å². The van der Waals surface area contributed by atoms with Gasteiger partial charge in [0.15, 0.2) is 0 Å². The normalized spacial score (nSPS) is 29.7. The number of ether oxygens (including phenoxy) is 1. The van der Waals surface area contributed by atoms with Crippen molar-refractivity contribution in [2.75, 3.05) is 32.7 Å². The highest BCUT2D eigenvalue weighted by Crippen LogP contribution is 2.39. The molecule has 2 fully saturated rings. The number of hydrogen-bond acceptors (Lipinski definition) is 3. The summed E-state index contributed by atoms with van der Waals surface area (Å²) < 4.78 is 6.04. The fourth-order valence-electron chi connectivity index (χ4n) is 4.23. The van der Waals surface area contributed by atoms with E-state index in [1.165, 1.54) is 45.2 Å². The fraction of sp³-hybridized carbons (Fsp3) is 1.00. The maximum absolute atomic E-state index is 6.04. The molecule has 0 aromatic rings. The summed E-state index contributed by atoms with van der Waals surface area (Å²) >= 11 is 0. The van der Waals surface area contributed by atoms with Crippen LogP contribution in [0.4, 0.5) is 0 Å². The highest BCUT2D eigenvalue weighted by molar-refractivity contribution is 4.92. The largest absolute Gasteiger partial charge is 0.370 e. The van der Waals surface area contributed by atoms with Gasteiger partial charge in [0.05, 0.1) is 11.7 Å². The third-order valence-corrected chi connectivity index (χ3v) is 4.79. The van der Waals surface area contributed by atoms with E-state index < -0.39 is 0 Å². The molecule has 1 heterocycles. The molecular weight excluding hydrogens is 248 g/mol. The Morgan fingerprint density at radius 2 is 1.95 bits per heavy atom. The SMILES string of the molecule is CCCNCC1(CN2CC(C)OC(C)(C)C2)CCCC1. The summed E-state index contributed by atoms with van der Waals surface area (Å²) in [5.74, 6) is 0. The number of rotatable bonds is 6. The zero-order valence-corrected chi connectivity index (χ0v) is 14.0. The number of nitrogens with zero attached hydrogens (tertiary/aromatic N) is 1. The molecule has 1 aliphatic heterocycles. The summed E-state index contributed by atoms with van der Waals surface area (Å²) in [5, 5.41) is 3.68. The first-order valence-electron chi connectivity index (χ1n) is 8.56. The van der Waals surface area contributed by atoms with Gasteiger partial charge in [-0.15, -0.1) is 0 Å². The fourth-order valence-corrected chi connectivity index (χ4v) is 4.23. The van der Waals surface area contributed by atoms with E-state index in [1.807, 2.05) is 0 Å². The molecule has 0 amide bonds. The van der Waals surface area contributed by atoms with Gasteiger partial charge in [-0.2, -0.15) is 0 Å². The molecule has 3 nitrogen and oxygen atoms in total. The zero-order valence-electron chi connectivity index (χ0n) is 14.0. The predicted octanol–water partition coefficient (Wildman–Crippen LogP) is 3.05. The Morgan fingerprint density at radius 1 is 1.25 bits per heavy atom. The van der Waals surface area contributed by atoms with Gasteiger partial charge in [0.25, 0.3) is 0 Å². The molecule has 2 aliphatic rings. The molecule has 0 spiro atoms. The van der Waals surface area contributed by atoms with Crippen molar-refractivity contribution in [1.82, 2.24) is 10.2 Å². The lowest BCUT2D eigenvalue weighted by Crippen LogP contribution is -2.55. The lowest BCUT2D eigenvalue weighted by atomic mass is 9.84. The second kappa shape index (κ2) is 6.76. The first kappa shape index (κ1) is 16.3. The summed E-state index contributed by atoms with van der Waals surface area (Å²) in [6.07, 6.45) is 7.22. The Labute approximate surface area is 125 Å². The van der Waals surface area contributed by atoms with E-state index in [1.54, 1.807) is 0 Å². The van der Waals surface area contributed by atoms with E-state index >= 15 is 0 Å². The first-order valence-corrected chi connectivity index (χ1v) is 8.56.